The maximum Gasteiger partial charge on any atom is 0.573 e. The van der Waals surface area contributed by atoms with Crippen molar-refractivity contribution in [3.8, 4) is 16.3 Å². The summed E-state index contributed by atoms with van der Waals surface area (Å²) in [6.07, 6.45) is -3.07. The number of carbonyl (C=O) groups is 2. The number of H-pyrrole nitrogens is 1. The predicted octanol–water partition coefficient (Wildman–Crippen LogP) is 4.54. The molecule has 1 atom stereocenters. The van der Waals surface area contributed by atoms with Gasteiger partial charge in [0.05, 0.1) is 12.1 Å². The lowest BCUT2D eigenvalue weighted by molar-refractivity contribution is -0.274. The Bertz CT molecular complexity index is 1320. The lowest BCUT2D eigenvalue weighted by Gasteiger charge is -2.14. The first-order chi connectivity index (χ1) is 16.2. The number of aliphatic carboxylic acids is 1. The number of nitrogens with zero attached hydrogens (tertiary/aromatic N) is 1. The molecule has 0 aliphatic rings. The summed E-state index contributed by atoms with van der Waals surface area (Å²) < 4.78 is 40.7. The number of alkyl halides is 3. The molecule has 0 saturated carbocycles. The number of carboxylic acid groups (broad SMARTS) is 1. The van der Waals surface area contributed by atoms with Crippen molar-refractivity contribution in [1.82, 2.24) is 15.3 Å². The smallest absolute Gasteiger partial charge is 0.480 e. The van der Waals surface area contributed by atoms with Gasteiger partial charge in [-0.05, 0) is 35.9 Å². The number of ether oxygens (including phenoxy) is 1. The summed E-state index contributed by atoms with van der Waals surface area (Å²) in [6.45, 7) is 0. The van der Waals surface area contributed by atoms with E-state index in [1.54, 1.807) is 11.6 Å². The average Bonchev–Trinajstić information content (AvgIpc) is 3.40. The zero-order valence-corrected chi connectivity index (χ0v) is 18.2. The zero-order chi connectivity index (χ0) is 24.3. The molecule has 4 aromatic rings. The minimum atomic E-state index is -4.77. The van der Waals surface area contributed by atoms with E-state index in [0.29, 0.717) is 16.3 Å². The molecule has 0 bridgehead atoms. The molecule has 7 nitrogen and oxygen atoms in total. The third-order valence-electron chi connectivity index (χ3n) is 4.96. The Kier molecular flexibility index (Phi) is 6.55. The number of fused-ring (bicyclic) bond motifs is 1. The van der Waals surface area contributed by atoms with Crippen LogP contribution in [0.15, 0.2) is 60.1 Å². The van der Waals surface area contributed by atoms with Gasteiger partial charge >= 0.3 is 12.3 Å². The predicted molar refractivity (Wildman–Crippen MR) is 120 cm³/mol. The van der Waals surface area contributed by atoms with Crippen LogP contribution >= 0.6 is 11.3 Å². The summed E-state index contributed by atoms with van der Waals surface area (Å²) >= 11 is 1.22. The number of para-hydroxylation sites is 1. The van der Waals surface area contributed by atoms with Crippen LogP contribution in [0.1, 0.15) is 11.3 Å². The fraction of sp³-hybridized carbons (Fsp3) is 0.174. The van der Waals surface area contributed by atoms with Gasteiger partial charge in [0.2, 0.25) is 5.91 Å². The second kappa shape index (κ2) is 9.56. The Morgan fingerprint density at radius 1 is 1.15 bits per heavy atom. The molecule has 0 saturated heterocycles. The van der Waals surface area contributed by atoms with Crippen molar-refractivity contribution in [3.05, 3.63) is 71.4 Å². The van der Waals surface area contributed by atoms with Gasteiger partial charge in [0, 0.05) is 34.5 Å². The fourth-order valence-corrected chi connectivity index (χ4v) is 4.28. The summed E-state index contributed by atoms with van der Waals surface area (Å²) in [7, 11) is 0. The van der Waals surface area contributed by atoms with Crippen molar-refractivity contribution in [2.45, 2.75) is 25.2 Å². The van der Waals surface area contributed by atoms with Gasteiger partial charge in [0.15, 0.2) is 0 Å². The maximum absolute atomic E-state index is 12.5. The molecule has 34 heavy (non-hydrogen) atoms. The van der Waals surface area contributed by atoms with Gasteiger partial charge in [-0.15, -0.1) is 24.5 Å². The molecule has 0 unspecified atom stereocenters. The lowest BCUT2D eigenvalue weighted by atomic mass is 10.0. The monoisotopic (exact) mass is 489 g/mol. The van der Waals surface area contributed by atoms with Crippen LogP contribution in [0, 0.1) is 0 Å². The first kappa shape index (κ1) is 23.3. The first-order valence-corrected chi connectivity index (χ1v) is 10.9. The van der Waals surface area contributed by atoms with E-state index in [2.05, 4.69) is 20.0 Å². The summed E-state index contributed by atoms with van der Waals surface area (Å²) in [5.74, 6) is -2.00. The number of carboxylic acids is 1. The van der Waals surface area contributed by atoms with Crippen LogP contribution in [-0.4, -0.2) is 39.4 Å². The highest BCUT2D eigenvalue weighted by Crippen LogP contribution is 2.28. The summed E-state index contributed by atoms with van der Waals surface area (Å²) in [5, 5.41) is 15.2. The van der Waals surface area contributed by atoms with E-state index in [0.717, 1.165) is 16.5 Å². The van der Waals surface area contributed by atoms with Crippen LogP contribution < -0.4 is 10.1 Å². The zero-order valence-electron chi connectivity index (χ0n) is 17.4. The van der Waals surface area contributed by atoms with Crippen LogP contribution in [0.3, 0.4) is 0 Å². The topological polar surface area (TPSA) is 104 Å². The van der Waals surface area contributed by atoms with Crippen LogP contribution in [0.5, 0.6) is 5.75 Å². The standard InChI is InChI=1S/C23H18F3N3O4S/c24-23(25,26)33-16-7-5-13(6-8-16)21-28-15(12-34-21)10-20(30)29-19(22(31)32)9-14-11-27-18-4-2-1-3-17(14)18/h1-8,11-12,19,27H,9-10H2,(H,29,30)(H,31,32)/t19-/m1/s1. The van der Waals surface area contributed by atoms with E-state index in [9.17, 15) is 27.9 Å². The molecule has 4 rings (SSSR count). The SMILES string of the molecule is O=C(Cc1csc(-c2ccc(OC(F)(F)F)cc2)n1)N[C@H](Cc1c[nH]c2ccccc12)C(=O)O. The normalized spacial score (nSPS) is 12.4. The number of nitrogens with one attached hydrogen (secondary N) is 2. The molecule has 0 fully saturated rings. The van der Waals surface area contributed by atoms with Crippen LogP contribution in [0.4, 0.5) is 13.2 Å². The largest absolute Gasteiger partial charge is 0.573 e. The van der Waals surface area contributed by atoms with Gasteiger partial charge in [-0.1, -0.05) is 18.2 Å². The van der Waals surface area contributed by atoms with Crippen molar-refractivity contribution < 1.29 is 32.6 Å². The Morgan fingerprint density at radius 2 is 1.88 bits per heavy atom. The molecule has 176 valence electrons. The number of thiazole rings is 1. The third-order valence-corrected chi connectivity index (χ3v) is 5.90. The number of aromatic amines is 1. The molecule has 2 heterocycles. The summed E-state index contributed by atoms with van der Waals surface area (Å²) in [6, 6.07) is 11.6. The number of benzene rings is 2. The van der Waals surface area contributed by atoms with Crippen LogP contribution in [0.2, 0.25) is 0 Å². The fourth-order valence-electron chi connectivity index (χ4n) is 3.45. The molecule has 0 spiro atoms. The van der Waals surface area contributed by atoms with Crippen LogP contribution in [0.25, 0.3) is 21.5 Å². The van der Waals surface area contributed by atoms with Crippen LogP contribution in [-0.2, 0) is 22.4 Å². The molecule has 11 heteroatoms. The second-order valence-corrected chi connectivity index (χ2v) is 8.27. The van der Waals surface area contributed by atoms with E-state index in [1.165, 1.54) is 35.6 Å². The van der Waals surface area contributed by atoms with E-state index < -0.39 is 24.3 Å². The number of carbonyl (C=O) groups excluding carboxylic acids is 1. The van der Waals surface area contributed by atoms with Crippen molar-refractivity contribution >= 4 is 34.1 Å². The molecule has 2 aromatic carbocycles. The van der Waals surface area contributed by atoms with Gasteiger partial charge in [-0.3, -0.25) is 4.79 Å². The molecule has 1 amide bonds. The highest BCUT2D eigenvalue weighted by atomic mass is 32.1. The Balaban J connectivity index is 1.39. The van der Waals surface area contributed by atoms with Gasteiger partial charge in [-0.25, -0.2) is 9.78 Å². The number of amides is 1. The number of aromatic nitrogens is 2. The molecule has 0 aliphatic heterocycles. The van der Waals surface area contributed by atoms with E-state index in [-0.39, 0.29) is 18.6 Å². The Hall–Kier alpha value is -3.86. The number of rotatable bonds is 8. The number of halogens is 3. The molecule has 0 radical (unpaired) electrons. The van der Waals surface area contributed by atoms with Gasteiger partial charge in [0.1, 0.15) is 16.8 Å². The maximum atomic E-state index is 12.5. The van der Waals surface area contributed by atoms with Gasteiger partial charge in [-0.2, -0.15) is 0 Å². The quantitative estimate of drug-likeness (QED) is 0.337. The van der Waals surface area contributed by atoms with Crippen molar-refractivity contribution in [2.75, 3.05) is 0 Å². The first-order valence-electron chi connectivity index (χ1n) is 10.1. The lowest BCUT2D eigenvalue weighted by Crippen LogP contribution is -2.43. The highest BCUT2D eigenvalue weighted by Gasteiger charge is 2.31. The minimum absolute atomic E-state index is 0.111. The van der Waals surface area contributed by atoms with E-state index in [1.807, 2.05) is 24.3 Å². The Labute approximate surface area is 195 Å². The van der Waals surface area contributed by atoms with Gasteiger partial charge < -0.3 is 20.1 Å². The minimum Gasteiger partial charge on any atom is -0.480 e. The van der Waals surface area contributed by atoms with Crippen molar-refractivity contribution in [3.63, 3.8) is 0 Å². The third kappa shape index (κ3) is 5.73. The molecule has 3 N–H and O–H groups in total. The van der Waals surface area contributed by atoms with E-state index >= 15 is 0 Å². The van der Waals surface area contributed by atoms with E-state index in [4.69, 9.17) is 0 Å². The molecule has 2 aromatic heterocycles. The highest BCUT2D eigenvalue weighted by molar-refractivity contribution is 7.13. The summed E-state index contributed by atoms with van der Waals surface area (Å²) in [4.78, 5) is 31.7. The van der Waals surface area contributed by atoms with Crippen molar-refractivity contribution in [1.29, 1.82) is 0 Å². The summed E-state index contributed by atoms with van der Waals surface area (Å²) in [5.41, 5.74) is 2.64. The Morgan fingerprint density at radius 3 is 2.59 bits per heavy atom. The number of hydrogen-bond acceptors (Lipinski definition) is 5. The average molecular weight is 489 g/mol. The second-order valence-electron chi connectivity index (χ2n) is 7.41. The van der Waals surface area contributed by atoms with Gasteiger partial charge in [0.25, 0.3) is 0 Å². The number of hydrogen-bond donors (Lipinski definition) is 3. The molecule has 0 aliphatic carbocycles. The molecular weight excluding hydrogens is 471 g/mol. The molecular formula is C23H18F3N3O4S. The van der Waals surface area contributed by atoms with Crippen molar-refractivity contribution in [2.24, 2.45) is 0 Å².